The molecule has 1 rings (SSSR count). The number of aryl methyl sites for hydroxylation is 1. The third-order valence-electron chi connectivity index (χ3n) is 2.29. The van der Waals surface area contributed by atoms with Gasteiger partial charge in [0.25, 0.3) is 0 Å². The van der Waals surface area contributed by atoms with E-state index in [1.807, 2.05) is 0 Å². The molecule has 92 valence electrons. The first-order valence-corrected chi connectivity index (χ1v) is 7.21. The fraction of sp³-hybridized carbons (Fsp3) is 0.800. The van der Waals surface area contributed by atoms with E-state index >= 15 is 0 Å². The smallest absolute Gasteiger partial charge is 0.170 e. The van der Waals surface area contributed by atoms with Crippen molar-refractivity contribution in [2.24, 2.45) is 5.73 Å². The summed E-state index contributed by atoms with van der Waals surface area (Å²) in [6.07, 6.45) is 2.56. The molecular weight excluding hydrogens is 242 g/mol. The third kappa shape index (κ3) is 4.78. The highest BCUT2D eigenvalue weighted by Crippen LogP contribution is 2.22. The lowest BCUT2D eigenvalue weighted by atomic mass is 10.0. The summed E-state index contributed by atoms with van der Waals surface area (Å²) in [4.78, 5) is 4.37. The van der Waals surface area contributed by atoms with Crippen molar-refractivity contribution in [1.82, 2.24) is 9.36 Å². The summed E-state index contributed by atoms with van der Waals surface area (Å²) in [6.45, 7) is 4.14. The fourth-order valence-electron chi connectivity index (χ4n) is 1.15. The maximum absolute atomic E-state index is 9.70. The highest BCUT2D eigenvalue weighted by Gasteiger charge is 2.16. The SMILES string of the molecule is CCc1nsc(SCCCC(C)(O)CN)n1. The quantitative estimate of drug-likeness (QED) is 0.577. The van der Waals surface area contributed by atoms with Crippen LogP contribution in [-0.2, 0) is 6.42 Å². The molecule has 3 N–H and O–H groups in total. The summed E-state index contributed by atoms with van der Waals surface area (Å²) in [6, 6.07) is 0. The molecule has 0 saturated heterocycles. The van der Waals surface area contributed by atoms with E-state index in [4.69, 9.17) is 5.73 Å². The molecule has 0 aliphatic rings. The van der Waals surface area contributed by atoms with Crippen LogP contribution in [0.5, 0.6) is 0 Å². The van der Waals surface area contributed by atoms with Crippen molar-refractivity contribution in [3.8, 4) is 0 Å². The van der Waals surface area contributed by atoms with Crippen LogP contribution in [0.1, 0.15) is 32.5 Å². The minimum absolute atomic E-state index is 0.316. The lowest BCUT2D eigenvalue weighted by molar-refractivity contribution is 0.0596. The predicted molar refractivity (Wildman–Crippen MR) is 68.9 cm³/mol. The van der Waals surface area contributed by atoms with Crippen LogP contribution in [0.3, 0.4) is 0 Å². The lowest BCUT2D eigenvalue weighted by Crippen LogP contribution is -2.34. The number of rotatable bonds is 7. The molecule has 1 heterocycles. The molecule has 0 aliphatic heterocycles. The van der Waals surface area contributed by atoms with Gasteiger partial charge in [-0.3, -0.25) is 0 Å². The zero-order chi connectivity index (χ0) is 12.0. The molecule has 0 aromatic carbocycles. The summed E-state index contributed by atoms with van der Waals surface area (Å²) in [5, 5.41) is 9.70. The Morgan fingerprint density at radius 1 is 1.56 bits per heavy atom. The number of nitrogens with two attached hydrogens (primary N) is 1. The van der Waals surface area contributed by atoms with Gasteiger partial charge < -0.3 is 10.8 Å². The summed E-state index contributed by atoms with van der Waals surface area (Å²) in [5.41, 5.74) is 4.72. The van der Waals surface area contributed by atoms with E-state index in [0.29, 0.717) is 6.54 Å². The van der Waals surface area contributed by atoms with Crippen LogP contribution < -0.4 is 5.73 Å². The topological polar surface area (TPSA) is 72.0 Å². The van der Waals surface area contributed by atoms with E-state index in [1.54, 1.807) is 18.7 Å². The number of aromatic nitrogens is 2. The van der Waals surface area contributed by atoms with Crippen LogP contribution in [0.4, 0.5) is 0 Å². The number of nitrogens with zero attached hydrogens (tertiary/aromatic N) is 2. The second-order valence-electron chi connectivity index (χ2n) is 3.98. The summed E-state index contributed by atoms with van der Waals surface area (Å²) in [5.74, 6) is 1.87. The maximum atomic E-state index is 9.70. The van der Waals surface area contributed by atoms with Crippen molar-refractivity contribution in [2.45, 2.75) is 43.1 Å². The second-order valence-corrected chi connectivity index (χ2v) is 6.08. The van der Waals surface area contributed by atoms with Crippen LogP contribution in [0.15, 0.2) is 4.34 Å². The molecule has 0 saturated carbocycles. The number of hydrogen-bond acceptors (Lipinski definition) is 6. The molecule has 0 amide bonds. The zero-order valence-electron chi connectivity index (χ0n) is 9.77. The molecule has 1 unspecified atom stereocenters. The van der Waals surface area contributed by atoms with Gasteiger partial charge in [0.1, 0.15) is 5.82 Å². The molecule has 1 aromatic rings. The Labute approximate surface area is 105 Å². The minimum atomic E-state index is -0.726. The molecule has 1 aromatic heterocycles. The van der Waals surface area contributed by atoms with Crippen molar-refractivity contribution in [2.75, 3.05) is 12.3 Å². The van der Waals surface area contributed by atoms with E-state index < -0.39 is 5.60 Å². The van der Waals surface area contributed by atoms with Gasteiger partial charge in [0, 0.05) is 18.7 Å². The normalized spacial score (nSPS) is 15.0. The van der Waals surface area contributed by atoms with Crippen molar-refractivity contribution in [3.05, 3.63) is 5.82 Å². The Kier molecular flexibility index (Phi) is 5.68. The molecule has 1 atom stereocenters. The second kappa shape index (κ2) is 6.54. The van der Waals surface area contributed by atoms with Crippen molar-refractivity contribution >= 4 is 23.3 Å². The molecular formula is C10H19N3OS2. The van der Waals surface area contributed by atoms with Gasteiger partial charge in [-0.05, 0) is 31.3 Å². The minimum Gasteiger partial charge on any atom is -0.389 e. The van der Waals surface area contributed by atoms with Gasteiger partial charge in [-0.25, -0.2) is 4.98 Å². The van der Waals surface area contributed by atoms with E-state index in [9.17, 15) is 5.11 Å². The van der Waals surface area contributed by atoms with Crippen LogP contribution >= 0.6 is 23.3 Å². The standard InChI is InChI=1S/C10H19N3OS2/c1-3-8-12-9(16-13-8)15-6-4-5-10(2,14)7-11/h14H,3-7,11H2,1-2H3. The Morgan fingerprint density at radius 2 is 2.31 bits per heavy atom. The molecule has 0 bridgehead atoms. The van der Waals surface area contributed by atoms with Crippen molar-refractivity contribution in [3.63, 3.8) is 0 Å². The van der Waals surface area contributed by atoms with Crippen molar-refractivity contribution in [1.29, 1.82) is 0 Å². The summed E-state index contributed by atoms with van der Waals surface area (Å²) < 4.78 is 5.24. The van der Waals surface area contributed by atoms with Gasteiger partial charge in [0.15, 0.2) is 4.34 Å². The van der Waals surface area contributed by atoms with Crippen LogP contribution in [0.25, 0.3) is 0 Å². The van der Waals surface area contributed by atoms with E-state index in [1.165, 1.54) is 11.5 Å². The first-order valence-electron chi connectivity index (χ1n) is 5.45. The van der Waals surface area contributed by atoms with Gasteiger partial charge in [-0.1, -0.05) is 18.7 Å². The summed E-state index contributed by atoms with van der Waals surface area (Å²) >= 11 is 3.15. The lowest BCUT2D eigenvalue weighted by Gasteiger charge is -2.20. The number of hydrogen-bond donors (Lipinski definition) is 2. The Bertz CT molecular complexity index is 315. The van der Waals surface area contributed by atoms with Crippen molar-refractivity contribution < 1.29 is 5.11 Å². The van der Waals surface area contributed by atoms with E-state index in [2.05, 4.69) is 16.3 Å². The number of aliphatic hydroxyl groups is 1. The average Bonchev–Trinajstić information content (AvgIpc) is 2.72. The highest BCUT2D eigenvalue weighted by molar-refractivity contribution is 8.00. The van der Waals surface area contributed by atoms with Gasteiger partial charge in [-0.15, -0.1) is 0 Å². The van der Waals surface area contributed by atoms with Gasteiger partial charge in [0.2, 0.25) is 0 Å². The first kappa shape index (κ1) is 13.9. The Balaban J connectivity index is 2.20. The van der Waals surface area contributed by atoms with Gasteiger partial charge in [-0.2, -0.15) is 4.37 Å². The Hall–Kier alpha value is -0.170. The number of thioether (sulfide) groups is 1. The van der Waals surface area contributed by atoms with Crippen LogP contribution in [0, 0.1) is 0 Å². The monoisotopic (exact) mass is 261 g/mol. The molecule has 0 fully saturated rings. The maximum Gasteiger partial charge on any atom is 0.170 e. The largest absolute Gasteiger partial charge is 0.389 e. The molecule has 0 radical (unpaired) electrons. The highest BCUT2D eigenvalue weighted by atomic mass is 32.2. The molecule has 16 heavy (non-hydrogen) atoms. The summed E-state index contributed by atoms with van der Waals surface area (Å²) in [7, 11) is 0. The van der Waals surface area contributed by atoms with Gasteiger partial charge >= 0.3 is 0 Å². The molecule has 0 aliphatic carbocycles. The van der Waals surface area contributed by atoms with Crippen LogP contribution in [-0.4, -0.2) is 32.4 Å². The molecule has 4 nitrogen and oxygen atoms in total. The average molecular weight is 261 g/mol. The fourth-order valence-corrected chi connectivity index (χ4v) is 2.86. The Morgan fingerprint density at radius 3 is 2.88 bits per heavy atom. The molecule has 0 spiro atoms. The van der Waals surface area contributed by atoms with E-state index in [-0.39, 0.29) is 0 Å². The first-order chi connectivity index (χ1) is 7.57. The third-order valence-corrected chi connectivity index (χ3v) is 4.25. The van der Waals surface area contributed by atoms with E-state index in [0.717, 1.165) is 35.2 Å². The van der Waals surface area contributed by atoms with Gasteiger partial charge in [0.05, 0.1) is 5.60 Å². The predicted octanol–water partition coefficient (Wildman–Crippen LogP) is 1.68. The zero-order valence-corrected chi connectivity index (χ0v) is 11.4. The van der Waals surface area contributed by atoms with Crippen LogP contribution in [0.2, 0.25) is 0 Å². The molecule has 6 heteroatoms.